The van der Waals surface area contributed by atoms with Gasteiger partial charge in [0, 0.05) is 15.6 Å². The number of thiocarbonyl (C=S) groups is 1. The first-order valence-electron chi connectivity index (χ1n) is 5.62. The Balaban J connectivity index is 1.91. The first kappa shape index (κ1) is 14.8. The average molecular weight is 329 g/mol. The second kappa shape index (κ2) is 6.74. The molecule has 0 fully saturated rings. The number of carbonyl (C=O) groups excluding carboxylic acids is 1. The van der Waals surface area contributed by atoms with Gasteiger partial charge in [-0.1, -0.05) is 23.2 Å². The molecule has 1 aromatic carbocycles. The van der Waals surface area contributed by atoms with Crippen LogP contribution in [0.3, 0.4) is 0 Å². The molecule has 0 aliphatic carbocycles. The Labute approximate surface area is 131 Å². The lowest BCUT2D eigenvalue weighted by Gasteiger charge is -2.08. The lowest BCUT2D eigenvalue weighted by atomic mass is 10.2. The molecule has 0 aliphatic rings. The van der Waals surface area contributed by atoms with Crippen LogP contribution in [0.4, 0.5) is 0 Å². The van der Waals surface area contributed by atoms with E-state index in [-0.39, 0.29) is 11.0 Å². The van der Waals surface area contributed by atoms with E-state index in [1.165, 1.54) is 12.1 Å². The van der Waals surface area contributed by atoms with Crippen molar-refractivity contribution >= 4 is 46.4 Å². The quantitative estimate of drug-likeness (QED) is 0.848. The highest BCUT2D eigenvalue weighted by atomic mass is 35.5. The summed E-state index contributed by atoms with van der Waals surface area (Å²) in [5, 5.41) is 6.36. The lowest BCUT2D eigenvalue weighted by molar-refractivity contribution is 0.0976. The zero-order valence-electron chi connectivity index (χ0n) is 10.2. The molecule has 0 atom stereocenters. The molecule has 1 amide bonds. The van der Waals surface area contributed by atoms with Crippen molar-refractivity contribution in [1.29, 1.82) is 0 Å². The number of nitrogens with one attached hydrogen (secondary N) is 2. The molecule has 0 spiro atoms. The fourth-order valence-electron chi connectivity index (χ4n) is 1.48. The highest BCUT2D eigenvalue weighted by Crippen LogP contribution is 2.18. The predicted octanol–water partition coefficient (Wildman–Crippen LogP) is 3.39. The molecule has 1 heterocycles. The van der Waals surface area contributed by atoms with Crippen LogP contribution in [0.2, 0.25) is 10.0 Å². The summed E-state index contributed by atoms with van der Waals surface area (Å²) in [6, 6.07) is 8.14. The minimum atomic E-state index is -0.383. The van der Waals surface area contributed by atoms with E-state index in [1.807, 2.05) is 0 Å². The zero-order chi connectivity index (χ0) is 14.5. The Morgan fingerprint density at radius 3 is 2.55 bits per heavy atom. The SMILES string of the molecule is O=C(NC(=S)NCc1ccco1)c1cc(Cl)cc(Cl)c1. The lowest BCUT2D eigenvalue weighted by Crippen LogP contribution is -2.38. The second-order valence-electron chi connectivity index (χ2n) is 3.87. The van der Waals surface area contributed by atoms with E-state index in [2.05, 4.69) is 10.6 Å². The van der Waals surface area contributed by atoms with Crippen LogP contribution in [-0.2, 0) is 6.54 Å². The van der Waals surface area contributed by atoms with Crippen LogP contribution in [0.5, 0.6) is 0 Å². The van der Waals surface area contributed by atoms with Crippen LogP contribution < -0.4 is 10.6 Å². The summed E-state index contributed by atoms with van der Waals surface area (Å²) in [7, 11) is 0. The van der Waals surface area contributed by atoms with Crippen LogP contribution in [0.15, 0.2) is 41.0 Å². The van der Waals surface area contributed by atoms with E-state index in [9.17, 15) is 4.79 Å². The van der Waals surface area contributed by atoms with Gasteiger partial charge in [0.2, 0.25) is 0 Å². The van der Waals surface area contributed by atoms with Crippen molar-refractivity contribution in [2.24, 2.45) is 0 Å². The Hall–Kier alpha value is -1.56. The van der Waals surface area contributed by atoms with Gasteiger partial charge < -0.3 is 9.73 Å². The van der Waals surface area contributed by atoms with Gasteiger partial charge in [-0.25, -0.2) is 0 Å². The van der Waals surface area contributed by atoms with Crippen LogP contribution >= 0.6 is 35.4 Å². The highest BCUT2D eigenvalue weighted by Gasteiger charge is 2.09. The van der Waals surface area contributed by atoms with E-state index in [0.717, 1.165) is 0 Å². The molecule has 0 unspecified atom stereocenters. The van der Waals surface area contributed by atoms with Crippen molar-refractivity contribution < 1.29 is 9.21 Å². The minimum absolute atomic E-state index is 0.197. The van der Waals surface area contributed by atoms with Gasteiger partial charge in [0.1, 0.15) is 5.76 Å². The summed E-state index contributed by atoms with van der Waals surface area (Å²) in [5.74, 6) is 0.332. The summed E-state index contributed by atoms with van der Waals surface area (Å²) in [6.45, 7) is 0.391. The van der Waals surface area contributed by atoms with Gasteiger partial charge in [0.05, 0.1) is 12.8 Å². The third-order valence-corrected chi connectivity index (χ3v) is 3.04. The maximum Gasteiger partial charge on any atom is 0.257 e. The summed E-state index contributed by atoms with van der Waals surface area (Å²) >= 11 is 16.7. The summed E-state index contributed by atoms with van der Waals surface area (Å²) in [5.41, 5.74) is 0.338. The van der Waals surface area contributed by atoms with Crippen molar-refractivity contribution in [2.75, 3.05) is 0 Å². The van der Waals surface area contributed by atoms with E-state index in [4.69, 9.17) is 39.8 Å². The van der Waals surface area contributed by atoms with Crippen LogP contribution in [0, 0.1) is 0 Å². The van der Waals surface area contributed by atoms with Gasteiger partial charge in [0.15, 0.2) is 5.11 Å². The van der Waals surface area contributed by atoms with Gasteiger partial charge >= 0.3 is 0 Å². The van der Waals surface area contributed by atoms with Crippen molar-refractivity contribution in [1.82, 2.24) is 10.6 Å². The topological polar surface area (TPSA) is 54.3 Å². The molecule has 2 aromatic rings. The molecule has 0 aliphatic heterocycles. The number of carbonyl (C=O) groups is 1. The predicted molar refractivity (Wildman–Crippen MR) is 82.1 cm³/mol. The Morgan fingerprint density at radius 2 is 1.95 bits per heavy atom. The molecule has 2 rings (SSSR count). The van der Waals surface area contributed by atoms with Crippen molar-refractivity contribution in [3.63, 3.8) is 0 Å². The smallest absolute Gasteiger partial charge is 0.257 e. The van der Waals surface area contributed by atoms with E-state index in [1.54, 1.807) is 24.5 Å². The van der Waals surface area contributed by atoms with Gasteiger partial charge in [-0.15, -0.1) is 0 Å². The molecule has 7 heteroatoms. The van der Waals surface area contributed by atoms with Gasteiger partial charge in [-0.05, 0) is 42.5 Å². The molecule has 0 saturated carbocycles. The molecule has 1 aromatic heterocycles. The van der Waals surface area contributed by atoms with Gasteiger partial charge in [0.25, 0.3) is 5.91 Å². The first-order chi connectivity index (χ1) is 9.54. The van der Waals surface area contributed by atoms with Gasteiger partial charge in [-0.2, -0.15) is 0 Å². The van der Waals surface area contributed by atoms with Crippen LogP contribution in [0.25, 0.3) is 0 Å². The van der Waals surface area contributed by atoms with Crippen molar-refractivity contribution in [3.05, 3.63) is 58.0 Å². The molecule has 2 N–H and O–H groups in total. The standard InChI is InChI=1S/C13H10Cl2N2O2S/c14-9-4-8(5-10(15)6-9)12(18)17-13(20)16-7-11-2-1-3-19-11/h1-6H,7H2,(H2,16,17,18,20). The Bertz CT molecular complexity index is 609. The Kier molecular flexibility index (Phi) is 5.00. The number of halogens is 2. The molecule has 0 bridgehead atoms. The minimum Gasteiger partial charge on any atom is -0.467 e. The largest absolute Gasteiger partial charge is 0.467 e. The highest BCUT2D eigenvalue weighted by molar-refractivity contribution is 7.80. The van der Waals surface area contributed by atoms with Crippen LogP contribution in [-0.4, -0.2) is 11.0 Å². The fraction of sp³-hybridized carbons (Fsp3) is 0.0769. The van der Waals surface area contributed by atoms with E-state index in [0.29, 0.717) is 27.9 Å². The number of rotatable bonds is 3. The van der Waals surface area contributed by atoms with E-state index >= 15 is 0 Å². The van der Waals surface area contributed by atoms with E-state index < -0.39 is 0 Å². The molecular formula is C13H10Cl2N2O2S. The monoisotopic (exact) mass is 328 g/mol. The molecular weight excluding hydrogens is 319 g/mol. The molecule has 104 valence electrons. The summed E-state index contributed by atoms with van der Waals surface area (Å²) in [4.78, 5) is 11.9. The number of amides is 1. The summed E-state index contributed by atoms with van der Waals surface area (Å²) in [6.07, 6.45) is 1.56. The molecule has 20 heavy (non-hydrogen) atoms. The molecule has 4 nitrogen and oxygen atoms in total. The zero-order valence-corrected chi connectivity index (χ0v) is 12.5. The maximum absolute atomic E-state index is 11.9. The Morgan fingerprint density at radius 1 is 1.25 bits per heavy atom. The van der Waals surface area contributed by atoms with Crippen molar-refractivity contribution in [2.45, 2.75) is 6.54 Å². The third kappa shape index (κ3) is 4.23. The average Bonchev–Trinajstić information content (AvgIpc) is 2.88. The first-order valence-corrected chi connectivity index (χ1v) is 6.78. The number of hydrogen-bond acceptors (Lipinski definition) is 3. The third-order valence-electron chi connectivity index (χ3n) is 2.36. The molecule has 0 radical (unpaired) electrons. The van der Waals surface area contributed by atoms with Crippen molar-refractivity contribution in [3.8, 4) is 0 Å². The number of benzene rings is 1. The van der Waals surface area contributed by atoms with Crippen LogP contribution in [0.1, 0.15) is 16.1 Å². The molecule has 0 saturated heterocycles. The number of furan rings is 1. The summed E-state index contributed by atoms with van der Waals surface area (Å²) < 4.78 is 5.14. The normalized spacial score (nSPS) is 10.1. The maximum atomic E-state index is 11.9. The second-order valence-corrected chi connectivity index (χ2v) is 5.16. The number of hydrogen-bond donors (Lipinski definition) is 2. The van der Waals surface area contributed by atoms with Gasteiger partial charge in [-0.3, -0.25) is 10.1 Å². The fourth-order valence-corrected chi connectivity index (χ4v) is 2.18.